The van der Waals surface area contributed by atoms with Crippen LogP contribution in [-0.4, -0.2) is 9.91 Å². The third-order valence-electron chi connectivity index (χ3n) is 2.93. The van der Waals surface area contributed by atoms with Crippen LogP contribution in [0, 0.1) is 17.0 Å². The summed E-state index contributed by atoms with van der Waals surface area (Å²) in [6, 6.07) is 10.7. The fourth-order valence-electron chi connectivity index (χ4n) is 2.14. The van der Waals surface area contributed by atoms with Gasteiger partial charge in [-0.3, -0.25) is 15.1 Å². The molecule has 0 unspecified atom stereocenters. The molecule has 0 saturated carbocycles. The van der Waals surface area contributed by atoms with Crippen LogP contribution in [0.3, 0.4) is 0 Å². The second-order valence-electron chi connectivity index (χ2n) is 4.22. The van der Waals surface area contributed by atoms with Crippen molar-refractivity contribution in [1.82, 2.24) is 4.98 Å². The van der Waals surface area contributed by atoms with Gasteiger partial charge in [-0.1, -0.05) is 18.2 Å². The number of rotatable bonds is 2. The lowest BCUT2D eigenvalue weighted by Gasteiger charge is -2.05. The van der Waals surface area contributed by atoms with E-state index in [1.54, 1.807) is 6.07 Å². The lowest BCUT2D eigenvalue weighted by Crippen LogP contribution is -1.91. The summed E-state index contributed by atoms with van der Waals surface area (Å²) in [5.74, 6) is 0.270. The standard InChI is InChI=1S/C14H10N2O3/c1-9-8-11(10-4-2-3-5-12(10)15-9)14-13(16(17)18)6-7-19-14/h2-8H,1H3. The van der Waals surface area contributed by atoms with Crippen LogP contribution in [0.15, 0.2) is 47.1 Å². The number of para-hydroxylation sites is 1. The number of hydrogen-bond acceptors (Lipinski definition) is 4. The molecule has 94 valence electrons. The first-order chi connectivity index (χ1) is 9.16. The Hall–Kier alpha value is -2.69. The van der Waals surface area contributed by atoms with Crippen molar-refractivity contribution in [2.45, 2.75) is 6.92 Å². The Balaban J connectivity index is 2.36. The predicted molar refractivity (Wildman–Crippen MR) is 70.8 cm³/mol. The zero-order valence-electron chi connectivity index (χ0n) is 10.2. The van der Waals surface area contributed by atoms with Gasteiger partial charge in [0.25, 0.3) is 0 Å². The molecule has 0 N–H and O–H groups in total. The Kier molecular flexibility index (Phi) is 2.52. The van der Waals surface area contributed by atoms with Crippen LogP contribution in [0.4, 0.5) is 5.69 Å². The van der Waals surface area contributed by atoms with E-state index < -0.39 is 4.92 Å². The van der Waals surface area contributed by atoms with Gasteiger partial charge >= 0.3 is 5.69 Å². The molecule has 0 aliphatic rings. The molecule has 19 heavy (non-hydrogen) atoms. The minimum Gasteiger partial charge on any atom is -0.457 e. The van der Waals surface area contributed by atoms with Gasteiger partial charge in [-0.05, 0) is 19.1 Å². The Morgan fingerprint density at radius 2 is 2.05 bits per heavy atom. The number of furan rings is 1. The maximum atomic E-state index is 11.0. The summed E-state index contributed by atoms with van der Waals surface area (Å²) in [5, 5.41) is 11.8. The van der Waals surface area contributed by atoms with E-state index in [2.05, 4.69) is 4.98 Å². The summed E-state index contributed by atoms with van der Waals surface area (Å²) in [6.07, 6.45) is 1.33. The topological polar surface area (TPSA) is 69.2 Å². The number of hydrogen-bond donors (Lipinski definition) is 0. The van der Waals surface area contributed by atoms with Crippen LogP contribution >= 0.6 is 0 Å². The summed E-state index contributed by atoms with van der Waals surface area (Å²) in [7, 11) is 0. The SMILES string of the molecule is Cc1cc(-c2occc2[N+](=O)[O-])c2ccccc2n1. The van der Waals surface area contributed by atoms with E-state index in [1.165, 1.54) is 12.3 Å². The Labute approximate surface area is 108 Å². The van der Waals surface area contributed by atoms with E-state index in [0.717, 1.165) is 16.6 Å². The summed E-state index contributed by atoms with van der Waals surface area (Å²) in [5.41, 5.74) is 2.25. The maximum Gasteiger partial charge on any atom is 0.315 e. The molecule has 2 heterocycles. The summed E-state index contributed by atoms with van der Waals surface area (Å²) >= 11 is 0. The molecule has 0 radical (unpaired) electrons. The van der Waals surface area contributed by atoms with Crippen molar-refractivity contribution >= 4 is 16.6 Å². The molecule has 1 aromatic carbocycles. The van der Waals surface area contributed by atoms with Gasteiger partial charge in [-0.15, -0.1) is 0 Å². The third-order valence-corrected chi connectivity index (χ3v) is 2.93. The van der Waals surface area contributed by atoms with Crippen molar-refractivity contribution in [2.24, 2.45) is 0 Å². The highest BCUT2D eigenvalue weighted by Crippen LogP contribution is 2.35. The fourth-order valence-corrected chi connectivity index (χ4v) is 2.14. The number of fused-ring (bicyclic) bond motifs is 1. The molecule has 0 saturated heterocycles. The van der Waals surface area contributed by atoms with Gasteiger partial charge in [0.1, 0.15) is 0 Å². The summed E-state index contributed by atoms with van der Waals surface area (Å²) < 4.78 is 5.31. The highest BCUT2D eigenvalue weighted by Gasteiger charge is 2.21. The van der Waals surface area contributed by atoms with Crippen molar-refractivity contribution in [1.29, 1.82) is 0 Å². The molecule has 5 heteroatoms. The lowest BCUT2D eigenvalue weighted by molar-refractivity contribution is -0.384. The predicted octanol–water partition coefficient (Wildman–Crippen LogP) is 3.71. The first-order valence-electron chi connectivity index (χ1n) is 5.75. The number of nitro groups is 1. The van der Waals surface area contributed by atoms with Crippen molar-refractivity contribution in [3.05, 3.63) is 58.5 Å². The molecule has 0 spiro atoms. The van der Waals surface area contributed by atoms with Crippen molar-refractivity contribution < 1.29 is 9.34 Å². The molecule has 0 amide bonds. The monoisotopic (exact) mass is 254 g/mol. The minimum absolute atomic E-state index is 0.0317. The summed E-state index contributed by atoms with van der Waals surface area (Å²) in [4.78, 5) is 15.0. The Morgan fingerprint density at radius 3 is 2.84 bits per heavy atom. The second kappa shape index (κ2) is 4.20. The van der Waals surface area contributed by atoms with Gasteiger partial charge in [0.15, 0.2) is 0 Å². The Morgan fingerprint density at radius 1 is 1.26 bits per heavy atom. The minimum atomic E-state index is -0.441. The molecule has 0 bridgehead atoms. The zero-order chi connectivity index (χ0) is 13.4. The third kappa shape index (κ3) is 1.85. The highest BCUT2D eigenvalue weighted by atomic mass is 16.6. The van der Waals surface area contributed by atoms with E-state index in [1.807, 2.05) is 31.2 Å². The van der Waals surface area contributed by atoms with Crippen LogP contribution in [0.1, 0.15) is 5.69 Å². The quantitative estimate of drug-likeness (QED) is 0.516. The lowest BCUT2D eigenvalue weighted by atomic mass is 10.0. The average Bonchev–Trinajstić information content (AvgIpc) is 2.86. The molecule has 2 aromatic heterocycles. The molecule has 3 aromatic rings. The number of nitrogens with zero attached hydrogens (tertiary/aromatic N) is 2. The van der Waals surface area contributed by atoms with Gasteiger partial charge in [-0.2, -0.15) is 0 Å². The molecule has 0 fully saturated rings. The van der Waals surface area contributed by atoms with Crippen LogP contribution < -0.4 is 0 Å². The second-order valence-corrected chi connectivity index (χ2v) is 4.22. The molecular weight excluding hydrogens is 244 g/mol. The summed E-state index contributed by atoms with van der Waals surface area (Å²) in [6.45, 7) is 1.85. The van der Waals surface area contributed by atoms with E-state index >= 15 is 0 Å². The van der Waals surface area contributed by atoms with Crippen LogP contribution in [-0.2, 0) is 0 Å². The molecular formula is C14H10N2O3. The number of aryl methyl sites for hydroxylation is 1. The largest absolute Gasteiger partial charge is 0.457 e. The molecule has 0 aliphatic heterocycles. The highest BCUT2D eigenvalue weighted by molar-refractivity contribution is 5.95. The van der Waals surface area contributed by atoms with Gasteiger partial charge in [-0.25, -0.2) is 0 Å². The zero-order valence-corrected chi connectivity index (χ0v) is 10.2. The van der Waals surface area contributed by atoms with Gasteiger partial charge in [0.2, 0.25) is 5.76 Å². The van der Waals surface area contributed by atoms with Gasteiger partial charge in [0, 0.05) is 16.6 Å². The van der Waals surface area contributed by atoms with Gasteiger partial charge in [0.05, 0.1) is 22.8 Å². The number of aromatic nitrogens is 1. The van der Waals surface area contributed by atoms with Crippen molar-refractivity contribution in [3.63, 3.8) is 0 Å². The van der Waals surface area contributed by atoms with E-state index in [9.17, 15) is 10.1 Å². The smallest absolute Gasteiger partial charge is 0.315 e. The van der Waals surface area contributed by atoms with E-state index in [-0.39, 0.29) is 11.4 Å². The van der Waals surface area contributed by atoms with E-state index in [4.69, 9.17) is 4.42 Å². The first-order valence-corrected chi connectivity index (χ1v) is 5.75. The maximum absolute atomic E-state index is 11.0. The van der Waals surface area contributed by atoms with Crippen LogP contribution in [0.2, 0.25) is 0 Å². The van der Waals surface area contributed by atoms with Crippen LogP contribution in [0.25, 0.3) is 22.2 Å². The van der Waals surface area contributed by atoms with E-state index in [0.29, 0.717) is 5.56 Å². The average molecular weight is 254 g/mol. The van der Waals surface area contributed by atoms with Crippen molar-refractivity contribution in [2.75, 3.05) is 0 Å². The molecule has 0 atom stereocenters. The fraction of sp³-hybridized carbons (Fsp3) is 0.0714. The first kappa shape index (κ1) is 11.4. The van der Waals surface area contributed by atoms with Crippen molar-refractivity contribution in [3.8, 4) is 11.3 Å². The normalized spacial score (nSPS) is 10.8. The molecule has 5 nitrogen and oxygen atoms in total. The Bertz CT molecular complexity index is 777. The molecule has 3 rings (SSSR count). The number of benzene rings is 1. The number of pyridine rings is 1. The molecule has 0 aliphatic carbocycles. The van der Waals surface area contributed by atoms with Gasteiger partial charge < -0.3 is 4.42 Å². The van der Waals surface area contributed by atoms with Crippen LogP contribution in [0.5, 0.6) is 0 Å².